The number of fused-ring (bicyclic) bond motifs is 1. The Bertz CT molecular complexity index is 960. The zero-order chi connectivity index (χ0) is 19.0. The molecule has 6 heteroatoms. The summed E-state index contributed by atoms with van der Waals surface area (Å²) in [5.74, 6) is 1.35. The van der Waals surface area contributed by atoms with E-state index in [0.29, 0.717) is 12.4 Å². The monoisotopic (exact) mass is 385 g/mol. The van der Waals surface area contributed by atoms with Gasteiger partial charge in [-0.05, 0) is 49.1 Å². The van der Waals surface area contributed by atoms with Gasteiger partial charge in [-0.25, -0.2) is 9.37 Å². The summed E-state index contributed by atoms with van der Waals surface area (Å²) in [6.45, 7) is 5.64. The van der Waals surface area contributed by atoms with E-state index in [4.69, 9.17) is 21.0 Å². The van der Waals surface area contributed by atoms with Gasteiger partial charge in [0.2, 0.25) is 5.89 Å². The summed E-state index contributed by atoms with van der Waals surface area (Å²) in [4.78, 5) is 11.4. The molecule has 1 unspecified atom stereocenters. The van der Waals surface area contributed by atoms with Gasteiger partial charge in [-0.3, -0.25) is 4.99 Å². The van der Waals surface area contributed by atoms with E-state index in [2.05, 4.69) is 29.8 Å². The van der Waals surface area contributed by atoms with Crippen molar-refractivity contribution in [2.45, 2.75) is 33.2 Å². The third kappa shape index (κ3) is 3.56. The molecule has 2 aliphatic heterocycles. The molecule has 0 aliphatic carbocycles. The molecular formula is C21H21ClFN3O. The number of allylic oxidation sites excluding steroid dienone is 3. The van der Waals surface area contributed by atoms with Gasteiger partial charge in [0, 0.05) is 24.9 Å². The van der Waals surface area contributed by atoms with Gasteiger partial charge in [0.15, 0.2) is 0 Å². The fourth-order valence-corrected chi connectivity index (χ4v) is 3.59. The summed E-state index contributed by atoms with van der Waals surface area (Å²) < 4.78 is 19.6. The maximum Gasteiger partial charge on any atom is 0.245 e. The van der Waals surface area contributed by atoms with Crippen LogP contribution in [-0.4, -0.2) is 17.7 Å². The highest BCUT2D eigenvalue weighted by Gasteiger charge is 2.24. The molecule has 0 saturated heterocycles. The van der Waals surface area contributed by atoms with Gasteiger partial charge in [0.25, 0.3) is 0 Å². The van der Waals surface area contributed by atoms with Crippen LogP contribution in [0.25, 0.3) is 5.70 Å². The van der Waals surface area contributed by atoms with E-state index in [9.17, 15) is 4.39 Å². The van der Waals surface area contributed by atoms with Crippen molar-refractivity contribution < 1.29 is 8.81 Å². The lowest BCUT2D eigenvalue weighted by Crippen LogP contribution is -2.22. The lowest BCUT2D eigenvalue weighted by atomic mass is 10.0. The number of nitrogens with zero attached hydrogens (tertiary/aromatic N) is 3. The fraction of sp³-hybridized carbons (Fsp3) is 0.333. The highest BCUT2D eigenvalue weighted by atomic mass is 35.5. The third-order valence-electron chi connectivity index (χ3n) is 5.17. The van der Waals surface area contributed by atoms with E-state index in [0.717, 1.165) is 47.8 Å². The predicted molar refractivity (Wildman–Crippen MR) is 107 cm³/mol. The predicted octanol–water partition coefficient (Wildman–Crippen LogP) is 5.43. The van der Waals surface area contributed by atoms with Crippen molar-refractivity contribution in [3.63, 3.8) is 0 Å². The molecule has 0 radical (unpaired) electrons. The smallest absolute Gasteiger partial charge is 0.245 e. The minimum atomic E-state index is -0.406. The Kier molecular flexibility index (Phi) is 4.87. The van der Waals surface area contributed by atoms with E-state index in [1.807, 2.05) is 6.08 Å². The summed E-state index contributed by atoms with van der Waals surface area (Å²) in [5.41, 5.74) is 3.73. The van der Waals surface area contributed by atoms with Gasteiger partial charge in [-0.2, -0.15) is 0 Å². The zero-order valence-electron chi connectivity index (χ0n) is 15.4. The van der Waals surface area contributed by atoms with Crippen LogP contribution in [0.15, 0.2) is 45.3 Å². The normalized spacial score (nSPS) is 19.9. The number of benzene rings is 1. The van der Waals surface area contributed by atoms with Gasteiger partial charge in [-0.15, -0.1) is 0 Å². The second kappa shape index (κ2) is 7.31. The van der Waals surface area contributed by atoms with Crippen LogP contribution < -0.4 is 4.90 Å². The maximum absolute atomic E-state index is 13.5. The van der Waals surface area contributed by atoms with E-state index in [1.165, 1.54) is 6.07 Å². The Morgan fingerprint density at radius 1 is 1.33 bits per heavy atom. The van der Waals surface area contributed by atoms with Crippen LogP contribution in [0.2, 0.25) is 5.02 Å². The molecule has 0 bridgehead atoms. The maximum atomic E-state index is 13.5. The van der Waals surface area contributed by atoms with Gasteiger partial charge >= 0.3 is 0 Å². The van der Waals surface area contributed by atoms with Gasteiger partial charge in [0.05, 0.1) is 11.6 Å². The van der Waals surface area contributed by atoms with Gasteiger partial charge in [-0.1, -0.05) is 24.6 Å². The Balaban J connectivity index is 1.66. The molecule has 2 aliphatic rings. The molecule has 1 aromatic heterocycles. The van der Waals surface area contributed by atoms with Crippen molar-refractivity contribution in [2.75, 3.05) is 11.4 Å². The van der Waals surface area contributed by atoms with E-state index in [-0.39, 0.29) is 10.9 Å². The standard InChI is InChI=1S/C21H21ClFN3O/c1-13-5-3-9-24-20(14(13)2)21-25-18-12-26(10-4-6-19(18)27-21)15-7-8-17(23)16(22)11-15/h3,5,7-9,11,13H,4,6,10,12H2,1-2H3. The molecule has 0 N–H and O–H groups in total. The number of aromatic nitrogens is 1. The largest absolute Gasteiger partial charge is 0.440 e. The zero-order valence-corrected chi connectivity index (χ0v) is 16.1. The van der Waals surface area contributed by atoms with Crippen LogP contribution in [0.1, 0.15) is 37.6 Å². The Morgan fingerprint density at radius 2 is 2.19 bits per heavy atom. The molecule has 27 heavy (non-hydrogen) atoms. The second-order valence-electron chi connectivity index (χ2n) is 7.00. The minimum Gasteiger partial charge on any atom is -0.440 e. The van der Waals surface area contributed by atoms with E-state index < -0.39 is 5.82 Å². The molecule has 1 atom stereocenters. The van der Waals surface area contributed by atoms with Crippen molar-refractivity contribution in [3.8, 4) is 0 Å². The summed E-state index contributed by atoms with van der Waals surface area (Å²) in [7, 11) is 0. The highest BCUT2D eigenvalue weighted by molar-refractivity contribution is 6.31. The number of halogens is 2. The van der Waals surface area contributed by atoms with Crippen LogP contribution in [0.3, 0.4) is 0 Å². The van der Waals surface area contributed by atoms with Crippen LogP contribution in [-0.2, 0) is 13.0 Å². The Labute approximate surface area is 163 Å². The molecule has 2 aromatic rings. The average molecular weight is 386 g/mol. The van der Waals surface area contributed by atoms with Crippen molar-refractivity contribution in [2.24, 2.45) is 10.9 Å². The third-order valence-corrected chi connectivity index (χ3v) is 5.46. The molecule has 3 heterocycles. The number of aryl methyl sites for hydroxylation is 1. The number of anilines is 1. The number of aliphatic imine (C=N–C) groups is 1. The first-order chi connectivity index (χ1) is 13.0. The summed E-state index contributed by atoms with van der Waals surface area (Å²) in [5, 5.41) is 0.132. The average Bonchev–Trinajstić information content (AvgIpc) is 2.82. The number of oxazole rings is 1. The summed E-state index contributed by atoms with van der Waals surface area (Å²) >= 11 is 5.96. The van der Waals surface area contributed by atoms with Crippen LogP contribution in [0, 0.1) is 11.7 Å². The molecule has 0 fully saturated rings. The van der Waals surface area contributed by atoms with Gasteiger partial charge in [0.1, 0.15) is 23.0 Å². The quantitative estimate of drug-likeness (QED) is 0.692. The SMILES string of the molecule is CC1=C(c2nc3c(o2)CCCN(c2ccc(F)c(Cl)c2)C3)N=CC=CC1C. The van der Waals surface area contributed by atoms with Crippen LogP contribution in [0.4, 0.5) is 10.1 Å². The van der Waals surface area contributed by atoms with Crippen LogP contribution in [0.5, 0.6) is 0 Å². The minimum absolute atomic E-state index is 0.132. The van der Waals surface area contributed by atoms with E-state index >= 15 is 0 Å². The summed E-state index contributed by atoms with van der Waals surface area (Å²) in [6.07, 6.45) is 7.59. The van der Waals surface area contributed by atoms with Crippen molar-refractivity contribution in [1.29, 1.82) is 0 Å². The molecule has 0 amide bonds. The number of hydrogen-bond acceptors (Lipinski definition) is 4. The lowest BCUT2D eigenvalue weighted by molar-refractivity contribution is 0.485. The molecule has 4 nitrogen and oxygen atoms in total. The highest BCUT2D eigenvalue weighted by Crippen LogP contribution is 2.31. The van der Waals surface area contributed by atoms with Crippen LogP contribution >= 0.6 is 11.6 Å². The van der Waals surface area contributed by atoms with Crippen molar-refractivity contribution in [3.05, 3.63) is 64.1 Å². The topological polar surface area (TPSA) is 41.6 Å². The molecular weight excluding hydrogens is 365 g/mol. The van der Waals surface area contributed by atoms with Crippen molar-refractivity contribution >= 4 is 29.2 Å². The lowest BCUT2D eigenvalue weighted by Gasteiger charge is -2.22. The summed E-state index contributed by atoms with van der Waals surface area (Å²) in [6, 6.07) is 4.82. The fourth-order valence-electron chi connectivity index (χ4n) is 3.42. The van der Waals surface area contributed by atoms with E-state index in [1.54, 1.807) is 18.3 Å². The molecule has 140 valence electrons. The number of rotatable bonds is 2. The first kappa shape index (κ1) is 18.0. The Morgan fingerprint density at radius 3 is 3.00 bits per heavy atom. The van der Waals surface area contributed by atoms with Crippen molar-refractivity contribution in [1.82, 2.24) is 4.98 Å². The molecule has 4 rings (SSSR count). The molecule has 0 saturated carbocycles. The first-order valence-electron chi connectivity index (χ1n) is 9.13. The molecule has 1 aromatic carbocycles. The van der Waals surface area contributed by atoms with Gasteiger partial charge < -0.3 is 9.32 Å². The number of hydrogen-bond donors (Lipinski definition) is 0. The Hall–Kier alpha value is -2.40. The molecule has 0 spiro atoms. The first-order valence-corrected chi connectivity index (χ1v) is 9.51. The second-order valence-corrected chi connectivity index (χ2v) is 7.40.